The maximum atomic E-state index is 5.35. The van der Waals surface area contributed by atoms with E-state index in [1.807, 2.05) is 20.8 Å². The van der Waals surface area contributed by atoms with E-state index in [4.69, 9.17) is 5.73 Å². The average molecular weight is 640 g/mol. The fourth-order valence-electron chi connectivity index (χ4n) is 8.08. The third-order valence-electron chi connectivity index (χ3n) is 9.60. The average Bonchev–Trinajstić information content (AvgIpc) is 3.16. The molecule has 0 aromatic heterocycles. The van der Waals surface area contributed by atoms with Gasteiger partial charge >= 0.3 is 0 Å². The molecule has 0 radical (unpaired) electrons. The number of likely N-dealkylation sites (tertiary alicyclic amines) is 2. The summed E-state index contributed by atoms with van der Waals surface area (Å²) in [5, 5.41) is 0. The molecule has 2 saturated heterocycles. The van der Waals surface area contributed by atoms with Gasteiger partial charge in [-0.15, -0.1) is 0 Å². The van der Waals surface area contributed by atoms with Gasteiger partial charge in [-0.2, -0.15) is 0 Å². The standard InChI is InChI=1S/2C15H29N.C5H12.C4H11N.3CH4/c1-13(2,3)12-11-10(15(11,7)8)9-16(12)14(4,5)6;1-14(2,3)13-12-9-7-8-11(12)10-16(13)15(4,5)6;1-5(2,3)4;1-4(2,3)5;;;/h10-12H,9H2,1-8H3;11-13H,7-10H2,1-6H3;1-4H3;5H2,1-3H3;3*1H4/t10-,11-,12-;11-,12-,13-;;;;;/m00...../s1. The van der Waals surface area contributed by atoms with Crippen molar-refractivity contribution in [1.82, 2.24) is 9.80 Å². The predicted molar refractivity (Wildman–Crippen MR) is 210 cm³/mol. The van der Waals surface area contributed by atoms with Crippen molar-refractivity contribution in [1.29, 1.82) is 0 Å². The van der Waals surface area contributed by atoms with Crippen LogP contribution in [0.2, 0.25) is 0 Å². The smallest absolute Gasteiger partial charge is 0.0186 e. The molecule has 0 aromatic rings. The Bertz CT molecular complexity index is 786. The third kappa shape index (κ3) is 14.9. The second-order valence-corrected chi connectivity index (χ2v) is 21.9. The quantitative estimate of drug-likeness (QED) is 0.286. The van der Waals surface area contributed by atoms with Crippen molar-refractivity contribution in [3.05, 3.63) is 0 Å². The van der Waals surface area contributed by atoms with E-state index in [0.29, 0.717) is 32.7 Å². The topological polar surface area (TPSA) is 32.5 Å². The SMILES string of the molecule is C.C.C.CC(C)(C)C.CC(C)(C)N.CC(C)(C)[C@@H]1[C@@H]2[C@H](CN1C(C)(C)C)C2(C)C.CC(C)(C)[C@@H]1[C@H]2CCC[C@H]2CN1C(C)(C)C. The Morgan fingerprint density at radius 2 is 0.889 bits per heavy atom. The maximum Gasteiger partial charge on any atom is 0.0186 e. The first kappa shape index (κ1) is 49.3. The van der Waals surface area contributed by atoms with E-state index in [2.05, 4.69) is 134 Å². The molecule has 0 bridgehead atoms. The van der Waals surface area contributed by atoms with Crippen LogP contribution in [0.25, 0.3) is 0 Å². The van der Waals surface area contributed by atoms with Crippen molar-refractivity contribution in [2.75, 3.05) is 13.1 Å². The van der Waals surface area contributed by atoms with Crippen molar-refractivity contribution < 1.29 is 0 Å². The van der Waals surface area contributed by atoms with Crippen LogP contribution in [0.4, 0.5) is 0 Å². The highest BCUT2D eigenvalue weighted by molar-refractivity contribution is 5.19. The number of hydrogen-bond donors (Lipinski definition) is 1. The first-order valence-electron chi connectivity index (χ1n) is 17.5. The number of rotatable bonds is 0. The largest absolute Gasteiger partial charge is 0.326 e. The zero-order valence-electron chi connectivity index (χ0n) is 33.0. The first-order valence-corrected chi connectivity index (χ1v) is 17.5. The molecule has 2 N–H and O–H groups in total. The van der Waals surface area contributed by atoms with Gasteiger partial charge in [0.05, 0.1) is 0 Å². The molecule has 4 rings (SSSR count). The van der Waals surface area contributed by atoms with Crippen LogP contribution in [0.3, 0.4) is 0 Å². The zero-order valence-corrected chi connectivity index (χ0v) is 33.0. The summed E-state index contributed by atoms with van der Waals surface area (Å²) in [6.45, 7) is 51.0. The van der Waals surface area contributed by atoms with Gasteiger partial charge in [-0.05, 0) is 120 Å². The number of hydrogen-bond acceptors (Lipinski definition) is 3. The van der Waals surface area contributed by atoms with E-state index in [9.17, 15) is 0 Å². The van der Waals surface area contributed by atoms with Gasteiger partial charge < -0.3 is 5.73 Å². The second kappa shape index (κ2) is 16.1. The zero-order chi connectivity index (χ0) is 33.7. The summed E-state index contributed by atoms with van der Waals surface area (Å²) in [7, 11) is 0. The molecule has 0 spiro atoms. The molecule has 2 aliphatic carbocycles. The normalized spacial score (nSPS) is 29.5. The predicted octanol–water partition coefficient (Wildman–Crippen LogP) is 12.4. The minimum absolute atomic E-state index is 0. The Morgan fingerprint density at radius 1 is 0.556 bits per heavy atom. The Morgan fingerprint density at radius 3 is 1.20 bits per heavy atom. The van der Waals surface area contributed by atoms with E-state index in [1.54, 1.807) is 0 Å². The summed E-state index contributed by atoms with van der Waals surface area (Å²) < 4.78 is 0. The second-order valence-electron chi connectivity index (χ2n) is 21.9. The Balaban J connectivity index is -0.000000576. The van der Waals surface area contributed by atoms with Crippen LogP contribution < -0.4 is 5.73 Å². The highest BCUT2D eigenvalue weighted by Crippen LogP contribution is 2.68. The minimum Gasteiger partial charge on any atom is -0.326 e. The van der Waals surface area contributed by atoms with Crippen molar-refractivity contribution >= 4 is 0 Å². The number of nitrogens with two attached hydrogens (primary N) is 1. The number of fused-ring (bicyclic) bond motifs is 2. The van der Waals surface area contributed by atoms with Gasteiger partial charge in [-0.3, -0.25) is 9.80 Å². The summed E-state index contributed by atoms with van der Waals surface area (Å²) in [4.78, 5) is 5.55. The van der Waals surface area contributed by atoms with E-state index in [1.165, 1.54) is 32.4 Å². The molecule has 0 amide bonds. The van der Waals surface area contributed by atoms with Crippen LogP contribution in [0.15, 0.2) is 0 Å². The van der Waals surface area contributed by atoms with Gasteiger partial charge in [0.2, 0.25) is 0 Å². The Hall–Kier alpha value is -0.120. The lowest BCUT2D eigenvalue weighted by Crippen LogP contribution is -2.53. The lowest BCUT2D eigenvalue weighted by Gasteiger charge is -2.46. The summed E-state index contributed by atoms with van der Waals surface area (Å²) in [6, 6.07) is 1.55. The van der Waals surface area contributed by atoms with Crippen LogP contribution in [0, 0.1) is 45.3 Å². The summed E-state index contributed by atoms with van der Waals surface area (Å²) in [5.41, 5.74) is 7.94. The lowest BCUT2D eigenvalue weighted by atomic mass is 9.77. The molecule has 2 heterocycles. The molecule has 3 heteroatoms. The molecule has 4 fully saturated rings. The van der Waals surface area contributed by atoms with Gasteiger partial charge in [0.1, 0.15) is 0 Å². The van der Waals surface area contributed by atoms with Crippen LogP contribution in [-0.2, 0) is 0 Å². The molecular weight excluding hydrogens is 546 g/mol. The van der Waals surface area contributed by atoms with Gasteiger partial charge in [0, 0.05) is 41.8 Å². The summed E-state index contributed by atoms with van der Waals surface area (Å²) in [6.07, 6.45) is 4.42. The van der Waals surface area contributed by atoms with E-state index < -0.39 is 0 Å². The Kier molecular flexibility index (Phi) is 17.6. The summed E-state index contributed by atoms with van der Waals surface area (Å²) in [5.74, 6) is 3.82. The molecule has 6 atom stereocenters. The Labute approximate surface area is 289 Å². The van der Waals surface area contributed by atoms with Gasteiger partial charge in [-0.1, -0.05) is 112 Å². The van der Waals surface area contributed by atoms with E-state index >= 15 is 0 Å². The van der Waals surface area contributed by atoms with Crippen molar-refractivity contribution in [2.24, 2.45) is 51.1 Å². The molecule has 2 saturated carbocycles. The van der Waals surface area contributed by atoms with Crippen LogP contribution in [0.5, 0.6) is 0 Å². The van der Waals surface area contributed by atoms with Crippen molar-refractivity contribution in [2.45, 2.75) is 216 Å². The molecule has 2 aliphatic heterocycles. The molecular formula is C42H93N3. The fraction of sp³-hybridized carbons (Fsp3) is 1.00. The van der Waals surface area contributed by atoms with Gasteiger partial charge in [0.15, 0.2) is 0 Å². The first-order chi connectivity index (χ1) is 18.2. The highest BCUT2D eigenvalue weighted by Gasteiger charge is 2.69. The lowest BCUT2D eigenvalue weighted by molar-refractivity contribution is 0.0211. The number of piperidine rings is 1. The third-order valence-corrected chi connectivity index (χ3v) is 9.60. The fourth-order valence-corrected chi connectivity index (χ4v) is 8.08. The minimum atomic E-state index is 0. The van der Waals surface area contributed by atoms with Gasteiger partial charge in [-0.25, -0.2) is 0 Å². The molecule has 45 heavy (non-hydrogen) atoms. The van der Waals surface area contributed by atoms with Crippen LogP contribution in [0.1, 0.15) is 187 Å². The number of nitrogens with zero attached hydrogens (tertiary/aromatic N) is 2. The van der Waals surface area contributed by atoms with Crippen molar-refractivity contribution in [3.8, 4) is 0 Å². The van der Waals surface area contributed by atoms with Gasteiger partial charge in [0.25, 0.3) is 0 Å². The summed E-state index contributed by atoms with van der Waals surface area (Å²) >= 11 is 0. The van der Waals surface area contributed by atoms with Crippen molar-refractivity contribution in [3.63, 3.8) is 0 Å². The molecule has 0 unspecified atom stereocenters. The van der Waals surface area contributed by atoms with Crippen LogP contribution >= 0.6 is 0 Å². The van der Waals surface area contributed by atoms with E-state index in [0.717, 1.165) is 35.8 Å². The molecule has 4 aliphatic rings. The molecule has 276 valence electrons. The molecule has 3 nitrogen and oxygen atoms in total. The highest BCUT2D eigenvalue weighted by atomic mass is 15.3. The van der Waals surface area contributed by atoms with E-state index in [-0.39, 0.29) is 27.8 Å². The maximum absolute atomic E-state index is 5.35. The molecule has 0 aromatic carbocycles. The monoisotopic (exact) mass is 640 g/mol. The van der Waals surface area contributed by atoms with Crippen LogP contribution in [-0.4, -0.2) is 51.6 Å².